The number of allylic oxidation sites excluding steroid dienone is 1. The van der Waals surface area contributed by atoms with Gasteiger partial charge in [-0.05, 0) is 60.4 Å². The molecule has 2 N–H and O–H groups in total. The smallest absolute Gasteiger partial charge is 0.0349 e. The molecule has 2 aromatic carbocycles. The van der Waals surface area contributed by atoms with Gasteiger partial charge in [0.15, 0.2) is 0 Å². The van der Waals surface area contributed by atoms with E-state index in [4.69, 9.17) is 5.73 Å². The fourth-order valence-electron chi connectivity index (χ4n) is 3.29. The molecule has 2 nitrogen and oxygen atoms in total. The number of rotatable bonds is 6. The van der Waals surface area contributed by atoms with Crippen molar-refractivity contribution in [3.63, 3.8) is 0 Å². The first-order valence-corrected chi connectivity index (χ1v) is 8.62. The lowest BCUT2D eigenvalue weighted by Gasteiger charge is -2.22. The van der Waals surface area contributed by atoms with Gasteiger partial charge in [-0.3, -0.25) is 4.99 Å². The van der Waals surface area contributed by atoms with Crippen LogP contribution in [0.5, 0.6) is 0 Å². The van der Waals surface area contributed by atoms with Crippen molar-refractivity contribution in [2.75, 3.05) is 5.73 Å². The minimum absolute atomic E-state index is 0.423. The number of nitrogens with zero attached hydrogens (tertiary/aromatic N) is 1. The van der Waals surface area contributed by atoms with Crippen LogP contribution in [0, 0.1) is 0 Å². The predicted octanol–water partition coefficient (Wildman–Crippen LogP) is 6.02. The van der Waals surface area contributed by atoms with Crippen molar-refractivity contribution in [2.45, 2.75) is 46.0 Å². The molecule has 0 saturated carbocycles. The van der Waals surface area contributed by atoms with Crippen LogP contribution in [0.2, 0.25) is 0 Å². The van der Waals surface area contributed by atoms with Crippen LogP contribution in [0.4, 0.5) is 5.69 Å². The molecule has 0 bridgehead atoms. The number of para-hydroxylation sites is 1. The molecular weight excluding hydrogens is 292 g/mol. The summed E-state index contributed by atoms with van der Waals surface area (Å²) in [6, 6.07) is 16.8. The van der Waals surface area contributed by atoms with Crippen molar-refractivity contribution in [3.8, 4) is 0 Å². The molecular formula is C22H28N2. The molecule has 0 aromatic heterocycles. The highest BCUT2D eigenvalue weighted by molar-refractivity contribution is 5.68. The maximum atomic E-state index is 6.14. The fourth-order valence-corrected chi connectivity index (χ4v) is 3.29. The summed E-state index contributed by atoms with van der Waals surface area (Å²) >= 11 is 0. The highest BCUT2D eigenvalue weighted by Crippen LogP contribution is 2.34. The first kappa shape index (κ1) is 18.0. The number of benzene rings is 2. The van der Waals surface area contributed by atoms with Crippen molar-refractivity contribution >= 4 is 17.5 Å². The van der Waals surface area contributed by atoms with Gasteiger partial charge >= 0.3 is 0 Å². The van der Waals surface area contributed by atoms with E-state index >= 15 is 0 Å². The summed E-state index contributed by atoms with van der Waals surface area (Å²) in [6.45, 7) is 8.61. The molecule has 0 radical (unpaired) electrons. The third-order valence-electron chi connectivity index (χ3n) is 4.57. The monoisotopic (exact) mass is 320 g/mol. The number of nitrogen functional groups attached to an aromatic ring is 1. The van der Waals surface area contributed by atoms with Gasteiger partial charge in [0.2, 0.25) is 0 Å². The summed E-state index contributed by atoms with van der Waals surface area (Å²) < 4.78 is 0. The lowest BCUT2D eigenvalue weighted by molar-refractivity contribution is 0.593. The Morgan fingerprint density at radius 3 is 2.25 bits per heavy atom. The Labute approximate surface area is 146 Å². The van der Waals surface area contributed by atoms with Gasteiger partial charge in [-0.25, -0.2) is 0 Å². The van der Waals surface area contributed by atoms with E-state index in [1.165, 1.54) is 22.3 Å². The molecule has 126 valence electrons. The van der Waals surface area contributed by atoms with Crippen molar-refractivity contribution in [2.24, 2.45) is 4.99 Å². The quantitative estimate of drug-likeness (QED) is 0.513. The SMILES string of the molecule is CC=N/C=C(\C)c1ccccc1C(C)CC(C)c1ccccc1N. The van der Waals surface area contributed by atoms with E-state index in [1.807, 2.05) is 31.5 Å². The number of anilines is 1. The zero-order valence-electron chi connectivity index (χ0n) is 15.2. The van der Waals surface area contributed by atoms with Crippen LogP contribution in [-0.2, 0) is 0 Å². The van der Waals surface area contributed by atoms with Crippen molar-refractivity contribution in [1.82, 2.24) is 0 Å². The number of aliphatic imine (C=N–C) groups is 1. The summed E-state index contributed by atoms with van der Waals surface area (Å²) in [6.07, 6.45) is 4.81. The molecule has 0 heterocycles. The van der Waals surface area contributed by atoms with Crippen LogP contribution >= 0.6 is 0 Å². The van der Waals surface area contributed by atoms with Gasteiger partial charge in [0, 0.05) is 18.1 Å². The molecule has 2 aromatic rings. The summed E-state index contributed by atoms with van der Waals surface area (Å²) in [4.78, 5) is 4.27. The number of hydrogen-bond donors (Lipinski definition) is 1. The van der Waals surface area contributed by atoms with Gasteiger partial charge in [0.1, 0.15) is 0 Å². The minimum Gasteiger partial charge on any atom is -0.398 e. The average Bonchev–Trinajstić information content (AvgIpc) is 2.59. The van der Waals surface area contributed by atoms with Crippen LogP contribution in [0.15, 0.2) is 59.7 Å². The summed E-state index contributed by atoms with van der Waals surface area (Å²) in [7, 11) is 0. The van der Waals surface area contributed by atoms with Gasteiger partial charge in [0.05, 0.1) is 0 Å². The van der Waals surface area contributed by atoms with Crippen molar-refractivity contribution in [1.29, 1.82) is 0 Å². The topological polar surface area (TPSA) is 38.4 Å². The molecule has 0 aliphatic rings. The van der Waals surface area contributed by atoms with E-state index in [1.54, 1.807) is 0 Å². The lowest BCUT2D eigenvalue weighted by Crippen LogP contribution is -2.05. The van der Waals surface area contributed by atoms with Crippen molar-refractivity contribution < 1.29 is 0 Å². The Balaban J connectivity index is 2.24. The molecule has 2 heteroatoms. The standard InChI is InChI=1S/C22H28N2/c1-5-24-15-18(4)20-11-7-6-10-19(20)16(2)14-17(3)21-12-8-9-13-22(21)23/h5-13,15-17H,14,23H2,1-4H3/b18-15+,24-5?. The molecule has 2 unspecified atom stereocenters. The minimum atomic E-state index is 0.423. The van der Waals surface area contributed by atoms with E-state index in [9.17, 15) is 0 Å². The highest BCUT2D eigenvalue weighted by atomic mass is 14.7. The molecule has 0 fully saturated rings. The normalized spacial score (nSPS) is 14.8. The first-order valence-electron chi connectivity index (χ1n) is 8.62. The Morgan fingerprint density at radius 1 is 1.00 bits per heavy atom. The Kier molecular flexibility index (Phi) is 6.36. The van der Waals surface area contributed by atoms with Gasteiger partial charge in [0.25, 0.3) is 0 Å². The summed E-state index contributed by atoms with van der Waals surface area (Å²) in [5.74, 6) is 0.872. The Morgan fingerprint density at radius 2 is 1.58 bits per heavy atom. The maximum absolute atomic E-state index is 6.14. The van der Waals surface area contributed by atoms with Crippen LogP contribution < -0.4 is 5.73 Å². The van der Waals surface area contributed by atoms with E-state index in [2.05, 4.69) is 62.2 Å². The Hall–Kier alpha value is -2.35. The largest absolute Gasteiger partial charge is 0.398 e. The lowest BCUT2D eigenvalue weighted by atomic mass is 9.84. The summed E-state index contributed by atoms with van der Waals surface area (Å²) in [5.41, 5.74) is 12.1. The predicted molar refractivity (Wildman–Crippen MR) is 107 cm³/mol. The highest BCUT2D eigenvalue weighted by Gasteiger charge is 2.17. The second-order valence-corrected chi connectivity index (χ2v) is 6.47. The Bertz CT molecular complexity index is 728. The number of hydrogen-bond acceptors (Lipinski definition) is 2. The van der Waals surface area contributed by atoms with Crippen LogP contribution in [0.25, 0.3) is 5.57 Å². The van der Waals surface area contributed by atoms with Crippen LogP contribution in [0.3, 0.4) is 0 Å². The van der Waals surface area contributed by atoms with Gasteiger partial charge in [-0.15, -0.1) is 0 Å². The fraction of sp³-hybridized carbons (Fsp3) is 0.318. The molecule has 0 saturated heterocycles. The van der Waals surface area contributed by atoms with Gasteiger partial charge < -0.3 is 5.73 Å². The van der Waals surface area contributed by atoms with E-state index in [-0.39, 0.29) is 0 Å². The van der Waals surface area contributed by atoms with E-state index in [0.29, 0.717) is 11.8 Å². The molecule has 2 atom stereocenters. The molecule has 0 aliphatic carbocycles. The third-order valence-corrected chi connectivity index (χ3v) is 4.57. The first-order chi connectivity index (χ1) is 11.5. The van der Waals surface area contributed by atoms with E-state index in [0.717, 1.165) is 12.1 Å². The average molecular weight is 320 g/mol. The van der Waals surface area contributed by atoms with Gasteiger partial charge in [-0.2, -0.15) is 0 Å². The molecule has 24 heavy (non-hydrogen) atoms. The zero-order chi connectivity index (χ0) is 17.5. The second kappa shape index (κ2) is 8.49. The maximum Gasteiger partial charge on any atom is 0.0349 e. The molecule has 0 spiro atoms. The third kappa shape index (κ3) is 4.35. The molecule has 2 rings (SSSR count). The zero-order valence-corrected chi connectivity index (χ0v) is 15.2. The second-order valence-electron chi connectivity index (χ2n) is 6.47. The van der Waals surface area contributed by atoms with Crippen LogP contribution in [0.1, 0.15) is 62.6 Å². The van der Waals surface area contributed by atoms with Gasteiger partial charge in [-0.1, -0.05) is 56.3 Å². The summed E-state index contributed by atoms with van der Waals surface area (Å²) in [5, 5.41) is 0. The molecule has 0 amide bonds. The van der Waals surface area contributed by atoms with Crippen LogP contribution in [-0.4, -0.2) is 6.21 Å². The number of nitrogens with two attached hydrogens (primary N) is 1. The van der Waals surface area contributed by atoms with E-state index < -0.39 is 0 Å². The van der Waals surface area contributed by atoms with Crippen molar-refractivity contribution in [3.05, 3.63) is 71.4 Å². The molecule has 0 aliphatic heterocycles.